The molecule has 4 nitrogen and oxygen atoms in total. The minimum Gasteiger partial charge on any atom is -0.508 e. The summed E-state index contributed by atoms with van der Waals surface area (Å²) in [4.78, 5) is 15.6. The van der Waals surface area contributed by atoms with Crippen molar-refractivity contribution >= 4 is 44.7 Å². The Morgan fingerprint density at radius 3 is 2.81 bits per heavy atom. The summed E-state index contributed by atoms with van der Waals surface area (Å²) in [6.45, 7) is 1.43. The fourth-order valence-electron chi connectivity index (χ4n) is 1.98. The Bertz CT molecular complexity index is 845. The Labute approximate surface area is 130 Å². The van der Waals surface area contributed by atoms with Crippen molar-refractivity contribution in [1.82, 2.24) is 4.98 Å². The number of carbonyl (C=O) groups is 1. The lowest BCUT2D eigenvalue weighted by Gasteiger charge is -2.05. The van der Waals surface area contributed by atoms with E-state index >= 15 is 0 Å². The van der Waals surface area contributed by atoms with E-state index in [0.717, 1.165) is 20.8 Å². The summed E-state index contributed by atoms with van der Waals surface area (Å²) in [5.74, 6) is 0.0526. The molecule has 2 aromatic carbocycles. The molecule has 0 fully saturated rings. The van der Waals surface area contributed by atoms with Gasteiger partial charge in [0.15, 0.2) is 0 Å². The zero-order valence-corrected chi connectivity index (χ0v) is 12.6. The van der Waals surface area contributed by atoms with Crippen LogP contribution in [-0.4, -0.2) is 16.0 Å². The Balaban J connectivity index is 2.02. The number of phenolic OH excluding ortho intramolecular Hbond substituents is 1. The lowest BCUT2D eigenvalue weighted by Crippen LogP contribution is -2.05. The summed E-state index contributed by atoms with van der Waals surface area (Å²) in [5, 5.41) is 13.4. The number of aromatic nitrogens is 1. The van der Waals surface area contributed by atoms with E-state index in [1.807, 2.05) is 6.07 Å². The summed E-state index contributed by atoms with van der Waals surface area (Å²) >= 11 is 7.65. The summed E-state index contributed by atoms with van der Waals surface area (Å²) in [5.41, 5.74) is 2.27. The maximum atomic E-state index is 11.1. The molecule has 0 aliphatic rings. The van der Waals surface area contributed by atoms with E-state index in [0.29, 0.717) is 10.7 Å². The number of nitrogens with zero attached hydrogens (tertiary/aromatic N) is 1. The van der Waals surface area contributed by atoms with Crippen molar-refractivity contribution in [2.75, 3.05) is 5.32 Å². The summed E-state index contributed by atoms with van der Waals surface area (Å²) in [6, 6.07) is 10.4. The van der Waals surface area contributed by atoms with Gasteiger partial charge in [-0.25, -0.2) is 4.98 Å². The zero-order chi connectivity index (χ0) is 15.0. The van der Waals surface area contributed by atoms with Gasteiger partial charge in [-0.05, 0) is 36.4 Å². The van der Waals surface area contributed by atoms with Crippen LogP contribution >= 0.6 is 22.9 Å². The van der Waals surface area contributed by atoms with Gasteiger partial charge in [-0.2, -0.15) is 0 Å². The molecule has 106 valence electrons. The quantitative estimate of drug-likeness (QED) is 0.741. The third kappa shape index (κ3) is 2.84. The minimum atomic E-state index is -0.167. The molecule has 2 N–H and O–H groups in total. The molecule has 0 saturated carbocycles. The number of fused-ring (bicyclic) bond motifs is 1. The highest BCUT2D eigenvalue weighted by atomic mass is 35.5. The molecule has 3 aromatic rings. The van der Waals surface area contributed by atoms with E-state index in [1.54, 1.807) is 30.3 Å². The Hall–Kier alpha value is -2.11. The maximum absolute atomic E-state index is 11.1. The third-order valence-electron chi connectivity index (χ3n) is 2.90. The standard InChI is InChI=1S/C15H11ClN2O2S/c1-8(19)17-12-4-2-9(6-11(12)16)15-18-13-5-3-10(20)7-14(13)21-15/h2-7,20H,1H3,(H,17,19). The molecule has 1 amide bonds. The monoisotopic (exact) mass is 318 g/mol. The number of aromatic hydroxyl groups is 1. The molecular weight excluding hydrogens is 308 g/mol. The number of thiazole rings is 1. The van der Waals surface area contributed by atoms with E-state index in [9.17, 15) is 9.90 Å². The average molecular weight is 319 g/mol. The number of carbonyl (C=O) groups excluding carboxylic acids is 1. The van der Waals surface area contributed by atoms with Gasteiger partial charge >= 0.3 is 0 Å². The fourth-order valence-corrected chi connectivity index (χ4v) is 3.20. The zero-order valence-electron chi connectivity index (χ0n) is 11.1. The first-order valence-electron chi connectivity index (χ1n) is 6.20. The first kappa shape index (κ1) is 13.9. The number of halogens is 1. The van der Waals surface area contributed by atoms with Crippen molar-refractivity contribution in [3.8, 4) is 16.3 Å². The van der Waals surface area contributed by atoms with E-state index in [2.05, 4.69) is 10.3 Å². The van der Waals surface area contributed by atoms with Crippen LogP contribution < -0.4 is 5.32 Å². The second kappa shape index (κ2) is 5.35. The van der Waals surface area contributed by atoms with Crippen LogP contribution in [0.15, 0.2) is 36.4 Å². The largest absolute Gasteiger partial charge is 0.508 e. The third-order valence-corrected chi connectivity index (χ3v) is 4.28. The second-order valence-electron chi connectivity index (χ2n) is 4.55. The highest BCUT2D eigenvalue weighted by Gasteiger charge is 2.09. The lowest BCUT2D eigenvalue weighted by atomic mass is 10.2. The summed E-state index contributed by atoms with van der Waals surface area (Å²) < 4.78 is 0.909. The van der Waals surface area contributed by atoms with E-state index in [-0.39, 0.29) is 11.7 Å². The van der Waals surface area contributed by atoms with Gasteiger partial charge < -0.3 is 10.4 Å². The van der Waals surface area contributed by atoms with Crippen molar-refractivity contribution in [3.05, 3.63) is 41.4 Å². The summed E-state index contributed by atoms with van der Waals surface area (Å²) in [6.07, 6.45) is 0. The molecule has 0 atom stereocenters. The van der Waals surface area contributed by atoms with Crippen molar-refractivity contribution in [3.63, 3.8) is 0 Å². The molecule has 0 saturated heterocycles. The van der Waals surface area contributed by atoms with Gasteiger partial charge in [-0.3, -0.25) is 4.79 Å². The topological polar surface area (TPSA) is 62.2 Å². The van der Waals surface area contributed by atoms with E-state index in [4.69, 9.17) is 11.6 Å². The molecule has 21 heavy (non-hydrogen) atoms. The lowest BCUT2D eigenvalue weighted by molar-refractivity contribution is -0.114. The molecule has 1 aromatic heterocycles. The van der Waals surface area contributed by atoms with Gasteiger partial charge in [0.2, 0.25) is 5.91 Å². The molecule has 0 spiro atoms. The number of rotatable bonds is 2. The van der Waals surface area contributed by atoms with E-state index < -0.39 is 0 Å². The van der Waals surface area contributed by atoms with Crippen molar-refractivity contribution in [1.29, 1.82) is 0 Å². The maximum Gasteiger partial charge on any atom is 0.221 e. The molecule has 0 bridgehead atoms. The number of anilines is 1. The number of benzene rings is 2. The fraction of sp³-hybridized carbons (Fsp3) is 0.0667. The molecule has 0 unspecified atom stereocenters. The normalized spacial score (nSPS) is 10.8. The van der Waals surface area contributed by atoms with E-state index in [1.165, 1.54) is 18.3 Å². The molecular formula is C15H11ClN2O2S. The SMILES string of the molecule is CC(=O)Nc1ccc(-c2nc3ccc(O)cc3s2)cc1Cl. The van der Waals surface area contributed by atoms with Gasteiger partial charge in [-0.15, -0.1) is 11.3 Å². The van der Waals surface area contributed by atoms with Crippen molar-refractivity contribution in [2.24, 2.45) is 0 Å². The van der Waals surface area contributed by atoms with Crippen molar-refractivity contribution < 1.29 is 9.90 Å². The first-order chi connectivity index (χ1) is 10.0. The van der Waals surface area contributed by atoms with Crippen LogP contribution in [0, 0.1) is 0 Å². The average Bonchev–Trinajstić information content (AvgIpc) is 2.83. The number of hydrogen-bond donors (Lipinski definition) is 2. The Morgan fingerprint density at radius 2 is 2.10 bits per heavy atom. The Morgan fingerprint density at radius 1 is 1.29 bits per heavy atom. The van der Waals surface area contributed by atoms with Gasteiger partial charge in [0.1, 0.15) is 10.8 Å². The van der Waals surface area contributed by atoms with Crippen LogP contribution in [0.4, 0.5) is 5.69 Å². The van der Waals surface area contributed by atoms with Gasteiger partial charge in [-0.1, -0.05) is 11.6 Å². The van der Waals surface area contributed by atoms with Crippen LogP contribution in [0.1, 0.15) is 6.92 Å². The van der Waals surface area contributed by atoms with Crippen LogP contribution in [0.25, 0.3) is 20.8 Å². The van der Waals surface area contributed by atoms with Gasteiger partial charge in [0.05, 0.1) is 20.9 Å². The first-order valence-corrected chi connectivity index (χ1v) is 7.39. The molecule has 0 aliphatic carbocycles. The molecule has 0 radical (unpaired) electrons. The minimum absolute atomic E-state index is 0.167. The summed E-state index contributed by atoms with van der Waals surface area (Å²) in [7, 11) is 0. The van der Waals surface area contributed by atoms with Crippen LogP contribution in [0.3, 0.4) is 0 Å². The van der Waals surface area contributed by atoms with Crippen molar-refractivity contribution in [2.45, 2.75) is 6.92 Å². The number of amides is 1. The highest BCUT2D eigenvalue weighted by Crippen LogP contribution is 2.34. The molecule has 6 heteroatoms. The number of phenols is 1. The molecule has 0 aliphatic heterocycles. The number of hydrogen-bond acceptors (Lipinski definition) is 4. The predicted molar refractivity (Wildman–Crippen MR) is 86.0 cm³/mol. The molecule has 1 heterocycles. The highest BCUT2D eigenvalue weighted by molar-refractivity contribution is 7.21. The van der Waals surface area contributed by atoms with Gasteiger partial charge in [0.25, 0.3) is 0 Å². The smallest absolute Gasteiger partial charge is 0.221 e. The van der Waals surface area contributed by atoms with Crippen LogP contribution in [-0.2, 0) is 4.79 Å². The molecule has 3 rings (SSSR count). The predicted octanol–water partition coefficient (Wildman–Crippen LogP) is 4.28. The number of nitrogens with one attached hydrogen (secondary N) is 1. The Kier molecular flexibility index (Phi) is 3.53. The van der Waals surface area contributed by atoms with Gasteiger partial charge in [0, 0.05) is 12.5 Å². The van der Waals surface area contributed by atoms with Crippen LogP contribution in [0.5, 0.6) is 5.75 Å². The van der Waals surface area contributed by atoms with Crippen LogP contribution in [0.2, 0.25) is 5.02 Å². The second-order valence-corrected chi connectivity index (χ2v) is 5.98.